The summed E-state index contributed by atoms with van der Waals surface area (Å²) in [5.74, 6) is 0.552. The minimum Gasteiger partial charge on any atom is -0.464 e. The van der Waals surface area contributed by atoms with Gasteiger partial charge in [-0.15, -0.1) is 11.3 Å². The second-order valence-electron chi connectivity index (χ2n) is 8.78. The number of anilines is 1. The molecule has 1 N–H and O–H groups in total. The van der Waals surface area contributed by atoms with Gasteiger partial charge >= 0.3 is 0 Å². The molecule has 0 aliphatic carbocycles. The average Bonchev–Trinajstić information content (AvgIpc) is 3.59. The second-order valence-corrected chi connectivity index (χ2v) is 9.82. The summed E-state index contributed by atoms with van der Waals surface area (Å²) in [6.45, 7) is 2.26. The zero-order chi connectivity index (χ0) is 25.6. The number of hydrogen-bond acceptors (Lipinski definition) is 5. The molecule has 5 rings (SSSR count). The number of hydrogen-bond donors (Lipinski definition) is 1. The zero-order valence-corrected chi connectivity index (χ0v) is 21.3. The van der Waals surface area contributed by atoms with Gasteiger partial charge in [0.25, 0.3) is 5.91 Å². The van der Waals surface area contributed by atoms with E-state index in [-0.39, 0.29) is 18.2 Å². The van der Waals surface area contributed by atoms with Crippen LogP contribution in [-0.4, -0.2) is 23.3 Å². The van der Waals surface area contributed by atoms with Gasteiger partial charge in [-0.3, -0.25) is 19.5 Å². The highest BCUT2D eigenvalue weighted by Crippen LogP contribution is 2.31. The van der Waals surface area contributed by atoms with Crippen LogP contribution in [-0.2, 0) is 22.4 Å². The van der Waals surface area contributed by atoms with Gasteiger partial charge in [0.05, 0.1) is 23.8 Å². The molecule has 0 bridgehead atoms. The summed E-state index contributed by atoms with van der Waals surface area (Å²) in [7, 11) is 0. The quantitative estimate of drug-likeness (QED) is 0.270. The van der Waals surface area contributed by atoms with Crippen molar-refractivity contribution in [3.63, 3.8) is 0 Å². The van der Waals surface area contributed by atoms with Crippen molar-refractivity contribution in [1.82, 2.24) is 10.3 Å². The fraction of sp³-hybridized carbons (Fsp3) is 0.167. The van der Waals surface area contributed by atoms with Gasteiger partial charge in [-0.2, -0.15) is 0 Å². The first-order valence-electron chi connectivity index (χ1n) is 12.2. The fourth-order valence-electron chi connectivity index (χ4n) is 4.32. The minimum absolute atomic E-state index is 0.165. The van der Waals surface area contributed by atoms with Crippen molar-refractivity contribution in [2.45, 2.75) is 25.8 Å². The Balaban J connectivity index is 1.51. The Kier molecular flexibility index (Phi) is 7.42. The van der Waals surface area contributed by atoms with Crippen molar-refractivity contribution < 1.29 is 14.0 Å². The van der Waals surface area contributed by atoms with Gasteiger partial charge in [0.1, 0.15) is 11.5 Å². The fourth-order valence-corrected chi connectivity index (χ4v) is 5.02. The lowest BCUT2D eigenvalue weighted by atomic mass is 10.1. The number of pyridine rings is 1. The molecular weight excluding hydrogens is 482 g/mol. The Bertz CT molecular complexity index is 1500. The number of furan rings is 1. The third-order valence-corrected chi connectivity index (χ3v) is 7.00. The van der Waals surface area contributed by atoms with Crippen LogP contribution in [0.5, 0.6) is 0 Å². The van der Waals surface area contributed by atoms with Crippen LogP contribution in [0.25, 0.3) is 10.9 Å². The van der Waals surface area contributed by atoms with E-state index in [2.05, 4.69) is 10.3 Å². The molecule has 3 heterocycles. The molecule has 0 saturated heterocycles. The molecule has 6 nitrogen and oxygen atoms in total. The van der Waals surface area contributed by atoms with E-state index in [1.165, 1.54) is 16.2 Å². The molecule has 37 heavy (non-hydrogen) atoms. The first-order valence-corrected chi connectivity index (χ1v) is 13.0. The molecule has 5 aromatic rings. The van der Waals surface area contributed by atoms with Crippen LogP contribution >= 0.6 is 11.3 Å². The van der Waals surface area contributed by atoms with Gasteiger partial charge in [0.15, 0.2) is 6.04 Å². The molecule has 0 aliphatic rings. The van der Waals surface area contributed by atoms with Crippen LogP contribution < -0.4 is 10.2 Å². The van der Waals surface area contributed by atoms with Crippen molar-refractivity contribution in [1.29, 1.82) is 0 Å². The molecule has 2 aromatic carbocycles. The summed E-state index contributed by atoms with van der Waals surface area (Å²) >= 11 is 1.51. The van der Waals surface area contributed by atoms with Crippen LogP contribution in [0.15, 0.2) is 101 Å². The van der Waals surface area contributed by atoms with Gasteiger partial charge in [-0.05, 0) is 54.6 Å². The Hall–Kier alpha value is -4.23. The number of fused-ring (bicyclic) bond motifs is 1. The molecule has 0 radical (unpaired) electrons. The number of rotatable bonds is 9. The Morgan fingerprint density at radius 3 is 2.57 bits per heavy atom. The number of amides is 2. The minimum atomic E-state index is -0.986. The van der Waals surface area contributed by atoms with E-state index in [0.717, 1.165) is 21.3 Å². The zero-order valence-electron chi connectivity index (χ0n) is 20.5. The average molecular weight is 510 g/mol. The van der Waals surface area contributed by atoms with Gasteiger partial charge in [-0.25, -0.2) is 0 Å². The lowest BCUT2D eigenvalue weighted by Crippen LogP contribution is -2.45. The molecule has 186 valence electrons. The van der Waals surface area contributed by atoms with Gasteiger partial charge in [0, 0.05) is 16.8 Å². The molecule has 0 saturated carbocycles. The van der Waals surface area contributed by atoms with Gasteiger partial charge in [-0.1, -0.05) is 54.6 Å². The predicted octanol–water partition coefficient (Wildman–Crippen LogP) is 5.87. The molecule has 0 fully saturated rings. The maximum atomic E-state index is 13.9. The number of thiophene rings is 1. The maximum Gasteiger partial charge on any atom is 0.251 e. The van der Waals surface area contributed by atoms with E-state index >= 15 is 0 Å². The number of benzene rings is 2. The Morgan fingerprint density at radius 2 is 1.81 bits per heavy atom. The highest BCUT2D eigenvalue weighted by Gasteiger charge is 2.35. The largest absolute Gasteiger partial charge is 0.464 e. The molecule has 2 amide bonds. The Morgan fingerprint density at radius 1 is 1.00 bits per heavy atom. The molecular formula is C30H27N3O3S. The number of aromatic nitrogens is 1. The van der Waals surface area contributed by atoms with Gasteiger partial charge < -0.3 is 9.73 Å². The summed E-state index contributed by atoms with van der Waals surface area (Å²) < 4.78 is 5.93. The molecule has 7 heteroatoms. The number of aryl methyl sites for hydroxylation is 1. The first kappa shape index (κ1) is 24.5. The van der Waals surface area contributed by atoms with Crippen molar-refractivity contribution in [3.8, 4) is 0 Å². The highest BCUT2D eigenvalue weighted by molar-refractivity contribution is 7.10. The van der Waals surface area contributed by atoms with Crippen molar-refractivity contribution >= 4 is 39.7 Å². The summed E-state index contributed by atoms with van der Waals surface area (Å²) in [5, 5.41) is 5.85. The van der Waals surface area contributed by atoms with E-state index < -0.39 is 6.04 Å². The van der Waals surface area contributed by atoms with Crippen LogP contribution in [0, 0.1) is 6.92 Å². The summed E-state index contributed by atoms with van der Waals surface area (Å²) in [5.41, 5.74) is 2.48. The summed E-state index contributed by atoms with van der Waals surface area (Å²) in [6, 6.07) is 26.0. The standard InChI is InChI=1S/C30H27N3O3S/c1-21-13-14-27(36-21)29(30(35)31-16-15-22-8-3-2-4-9-22)33(28(34)19-25-11-7-17-37-25)24-18-23-10-5-6-12-26(23)32-20-24/h2-14,17-18,20,29H,15-16,19H2,1H3,(H,31,35). The lowest BCUT2D eigenvalue weighted by Gasteiger charge is -2.30. The Labute approximate surface area is 219 Å². The second kappa shape index (κ2) is 11.2. The van der Waals surface area contributed by atoms with Crippen molar-refractivity contribution in [3.05, 3.63) is 118 Å². The lowest BCUT2D eigenvalue weighted by molar-refractivity contribution is -0.126. The molecule has 1 atom stereocenters. The SMILES string of the molecule is Cc1ccc(C(C(=O)NCCc2ccccc2)N(C(=O)Cc2cccs2)c2cnc3ccccc3c2)o1. The normalized spacial score (nSPS) is 11.8. The monoisotopic (exact) mass is 509 g/mol. The van der Waals surface area contributed by atoms with E-state index in [1.54, 1.807) is 18.3 Å². The third-order valence-electron chi connectivity index (χ3n) is 6.12. The maximum absolute atomic E-state index is 13.9. The van der Waals surface area contributed by atoms with E-state index in [1.807, 2.05) is 85.1 Å². The van der Waals surface area contributed by atoms with E-state index in [0.29, 0.717) is 30.2 Å². The predicted molar refractivity (Wildman–Crippen MR) is 147 cm³/mol. The number of carbonyl (C=O) groups excluding carboxylic acids is 2. The van der Waals surface area contributed by atoms with Crippen LogP contribution in [0.1, 0.15) is 28.0 Å². The summed E-state index contributed by atoms with van der Waals surface area (Å²) in [4.78, 5) is 34.6. The smallest absolute Gasteiger partial charge is 0.251 e. The third kappa shape index (κ3) is 5.78. The number of nitrogens with one attached hydrogen (secondary N) is 1. The van der Waals surface area contributed by atoms with Crippen molar-refractivity contribution in [2.75, 3.05) is 11.4 Å². The first-order chi connectivity index (χ1) is 18.1. The number of para-hydroxylation sites is 1. The molecule has 1 unspecified atom stereocenters. The number of nitrogens with zero attached hydrogens (tertiary/aromatic N) is 2. The summed E-state index contributed by atoms with van der Waals surface area (Å²) in [6.07, 6.45) is 2.49. The van der Waals surface area contributed by atoms with E-state index in [4.69, 9.17) is 4.42 Å². The van der Waals surface area contributed by atoms with Crippen LogP contribution in [0.2, 0.25) is 0 Å². The molecule has 3 aromatic heterocycles. The number of carbonyl (C=O) groups is 2. The van der Waals surface area contributed by atoms with Crippen LogP contribution in [0.3, 0.4) is 0 Å². The van der Waals surface area contributed by atoms with Crippen LogP contribution in [0.4, 0.5) is 5.69 Å². The van der Waals surface area contributed by atoms with Gasteiger partial charge in [0.2, 0.25) is 5.91 Å². The van der Waals surface area contributed by atoms with Crippen molar-refractivity contribution in [2.24, 2.45) is 0 Å². The highest BCUT2D eigenvalue weighted by atomic mass is 32.1. The topological polar surface area (TPSA) is 75.4 Å². The molecule has 0 spiro atoms. The van der Waals surface area contributed by atoms with E-state index in [9.17, 15) is 9.59 Å². The molecule has 0 aliphatic heterocycles.